The van der Waals surface area contributed by atoms with E-state index in [0.29, 0.717) is 21.8 Å². The SMILES string of the molecule is Cc1nc(N=C(N)N)sc1C(=O)Nc1cccc(C(=O)NCCC(=O)O)c1. The molecule has 1 aromatic heterocycles. The Balaban J connectivity index is 2.08. The average molecular weight is 390 g/mol. The van der Waals surface area contributed by atoms with Gasteiger partial charge in [-0.05, 0) is 25.1 Å². The molecule has 10 nitrogen and oxygen atoms in total. The number of aliphatic carboxylic acids is 1. The number of hydrogen-bond acceptors (Lipinski definition) is 6. The van der Waals surface area contributed by atoms with E-state index in [4.69, 9.17) is 16.6 Å². The number of aliphatic imine (C=N–C) groups is 1. The van der Waals surface area contributed by atoms with Crippen molar-refractivity contribution in [2.24, 2.45) is 16.5 Å². The number of carbonyl (C=O) groups is 3. The van der Waals surface area contributed by atoms with E-state index >= 15 is 0 Å². The van der Waals surface area contributed by atoms with Crippen molar-refractivity contribution in [3.63, 3.8) is 0 Å². The quantitative estimate of drug-likeness (QED) is 0.343. The highest BCUT2D eigenvalue weighted by atomic mass is 32.1. The Morgan fingerprint density at radius 3 is 2.67 bits per heavy atom. The van der Waals surface area contributed by atoms with Gasteiger partial charge in [-0.15, -0.1) is 0 Å². The highest BCUT2D eigenvalue weighted by molar-refractivity contribution is 7.17. The predicted octanol–water partition coefficient (Wildman–Crippen LogP) is 0.813. The third-order valence-electron chi connectivity index (χ3n) is 3.22. The van der Waals surface area contributed by atoms with Crippen molar-refractivity contribution in [3.05, 3.63) is 40.4 Å². The number of anilines is 1. The van der Waals surface area contributed by atoms with Gasteiger partial charge >= 0.3 is 5.97 Å². The van der Waals surface area contributed by atoms with Gasteiger partial charge in [-0.25, -0.2) is 4.98 Å². The molecule has 0 unspecified atom stereocenters. The van der Waals surface area contributed by atoms with E-state index < -0.39 is 17.8 Å². The number of hydrogen-bond donors (Lipinski definition) is 5. The Kier molecular flexibility index (Phi) is 6.44. The number of guanidine groups is 1. The minimum absolute atomic E-state index is 0.0123. The minimum atomic E-state index is -1.00. The van der Waals surface area contributed by atoms with Crippen LogP contribution in [0.3, 0.4) is 0 Å². The summed E-state index contributed by atoms with van der Waals surface area (Å²) in [5, 5.41) is 14.0. The minimum Gasteiger partial charge on any atom is -0.481 e. The monoisotopic (exact) mass is 390 g/mol. The Bertz CT molecular complexity index is 904. The van der Waals surface area contributed by atoms with Crippen LogP contribution >= 0.6 is 11.3 Å². The fourth-order valence-corrected chi connectivity index (χ4v) is 2.92. The van der Waals surface area contributed by atoms with E-state index in [-0.39, 0.29) is 24.1 Å². The van der Waals surface area contributed by atoms with E-state index in [0.717, 1.165) is 11.3 Å². The molecule has 2 amide bonds. The maximum absolute atomic E-state index is 12.4. The van der Waals surface area contributed by atoms with Crippen molar-refractivity contribution in [3.8, 4) is 0 Å². The highest BCUT2D eigenvalue weighted by Gasteiger charge is 2.16. The zero-order chi connectivity index (χ0) is 20.0. The number of carboxylic acid groups (broad SMARTS) is 1. The first-order chi connectivity index (χ1) is 12.8. The number of rotatable bonds is 7. The fraction of sp³-hybridized carbons (Fsp3) is 0.188. The van der Waals surface area contributed by atoms with Gasteiger partial charge in [0.05, 0.1) is 12.1 Å². The van der Waals surface area contributed by atoms with Gasteiger partial charge in [0.1, 0.15) is 4.88 Å². The average Bonchev–Trinajstić information content (AvgIpc) is 2.94. The summed E-state index contributed by atoms with van der Waals surface area (Å²) in [7, 11) is 0. The summed E-state index contributed by atoms with van der Waals surface area (Å²) < 4.78 is 0. The second-order valence-corrected chi connectivity index (χ2v) is 6.36. The van der Waals surface area contributed by atoms with Crippen molar-refractivity contribution >= 4 is 45.9 Å². The first-order valence-electron chi connectivity index (χ1n) is 7.74. The van der Waals surface area contributed by atoms with Gasteiger partial charge in [0.2, 0.25) is 5.13 Å². The number of thiazole rings is 1. The molecule has 27 heavy (non-hydrogen) atoms. The Hall–Kier alpha value is -3.47. The molecule has 0 bridgehead atoms. The lowest BCUT2D eigenvalue weighted by atomic mass is 10.2. The Labute approximate surface area is 158 Å². The summed E-state index contributed by atoms with van der Waals surface area (Å²) >= 11 is 1.03. The van der Waals surface area contributed by atoms with Gasteiger partial charge in [-0.2, -0.15) is 4.99 Å². The second-order valence-electron chi connectivity index (χ2n) is 5.38. The lowest BCUT2D eigenvalue weighted by Gasteiger charge is -2.07. The number of aromatic nitrogens is 1. The third-order valence-corrected chi connectivity index (χ3v) is 4.27. The van der Waals surface area contributed by atoms with Crippen molar-refractivity contribution in [1.29, 1.82) is 0 Å². The number of nitrogens with one attached hydrogen (secondary N) is 2. The number of nitrogens with zero attached hydrogens (tertiary/aromatic N) is 2. The van der Waals surface area contributed by atoms with E-state index in [9.17, 15) is 14.4 Å². The van der Waals surface area contributed by atoms with Crippen LogP contribution in [0.2, 0.25) is 0 Å². The summed E-state index contributed by atoms with van der Waals surface area (Å²) in [5.41, 5.74) is 11.8. The first-order valence-corrected chi connectivity index (χ1v) is 8.56. The smallest absolute Gasteiger partial charge is 0.305 e. The van der Waals surface area contributed by atoms with Crippen LogP contribution in [0.4, 0.5) is 10.8 Å². The Morgan fingerprint density at radius 2 is 2.00 bits per heavy atom. The molecule has 11 heteroatoms. The topological polar surface area (TPSA) is 173 Å². The largest absolute Gasteiger partial charge is 0.481 e. The predicted molar refractivity (Wildman–Crippen MR) is 101 cm³/mol. The van der Waals surface area contributed by atoms with Gasteiger partial charge in [0.15, 0.2) is 5.96 Å². The molecule has 2 aromatic rings. The molecule has 7 N–H and O–H groups in total. The lowest BCUT2D eigenvalue weighted by Crippen LogP contribution is -2.26. The molecule has 0 aliphatic carbocycles. The van der Waals surface area contributed by atoms with Crippen molar-refractivity contribution in [2.45, 2.75) is 13.3 Å². The summed E-state index contributed by atoms with van der Waals surface area (Å²) in [5.74, 6) is -2.00. The third kappa shape index (κ3) is 5.78. The molecule has 0 radical (unpaired) electrons. The number of aryl methyl sites for hydroxylation is 1. The van der Waals surface area contributed by atoms with Crippen molar-refractivity contribution < 1.29 is 19.5 Å². The standard InChI is InChI=1S/C16H18N6O4S/c1-8-12(27-16(20-8)22-15(17)18)14(26)21-10-4-2-3-9(7-10)13(25)19-6-5-11(23)24/h2-4,7H,5-6H2,1H3,(H,19,25)(H,21,26)(H,23,24)(H4,17,18,20,22). The van der Waals surface area contributed by atoms with Crippen LogP contribution in [0.1, 0.15) is 32.1 Å². The molecule has 0 aliphatic heterocycles. The molecule has 2 rings (SSSR count). The van der Waals surface area contributed by atoms with Crippen LogP contribution in [-0.2, 0) is 4.79 Å². The number of carbonyl (C=O) groups excluding carboxylic acids is 2. The first kappa shape index (κ1) is 19.8. The van der Waals surface area contributed by atoms with E-state index in [2.05, 4.69) is 20.6 Å². The molecule has 0 spiro atoms. The van der Waals surface area contributed by atoms with E-state index in [1.54, 1.807) is 25.1 Å². The maximum Gasteiger partial charge on any atom is 0.305 e. The van der Waals surface area contributed by atoms with E-state index in [1.807, 2.05) is 0 Å². The number of amides is 2. The second kappa shape index (κ2) is 8.76. The molecule has 0 atom stereocenters. The molecular formula is C16H18N6O4S. The summed E-state index contributed by atoms with van der Waals surface area (Å²) in [6, 6.07) is 6.27. The zero-order valence-electron chi connectivity index (χ0n) is 14.4. The van der Waals surface area contributed by atoms with Crippen LogP contribution in [0, 0.1) is 6.92 Å². The summed E-state index contributed by atoms with van der Waals surface area (Å²) in [6.07, 6.45) is -0.176. The zero-order valence-corrected chi connectivity index (χ0v) is 15.2. The van der Waals surface area contributed by atoms with Crippen LogP contribution < -0.4 is 22.1 Å². The van der Waals surface area contributed by atoms with Gasteiger partial charge < -0.3 is 27.2 Å². The van der Waals surface area contributed by atoms with Gasteiger partial charge in [-0.3, -0.25) is 14.4 Å². The summed E-state index contributed by atoms with van der Waals surface area (Å²) in [4.78, 5) is 43.2. The van der Waals surface area contributed by atoms with Crippen molar-refractivity contribution in [1.82, 2.24) is 10.3 Å². The van der Waals surface area contributed by atoms with Gasteiger partial charge in [-0.1, -0.05) is 17.4 Å². The molecule has 1 aromatic carbocycles. The van der Waals surface area contributed by atoms with Gasteiger partial charge in [0.25, 0.3) is 11.8 Å². The molecule has 0 saturated heterocycles. The maximum atomic E-state index is 12.4. The summed E-state index contributed by atoms with van der Waals surface area (Å²) in [6.45, 7) is 1.67. The normalized spacial score (nSPS) is 10.1. The molecule has 0 fully saturated rings. The Morgan fingerprint density at radius 1 is 1.26 bits per heavy atom. The highest BCUT2D eigenvalue weighted by Crippen LogP contribution is 2.26. The molecule has 0 aliphatic rings. The molecule has 142 valence electrons. The lowest BCUT2D eigenvalue weighted by molar-refractivity contribution is -0.136. The number of nitrogens with two attached hydrogens (primary N) is 2. The van der Waals surface area contributed by atoms with Crippen LogP contribution in [0.5, 0.6) is 0 Å². The fourth-order valence-electron chi connectivity index (χ4n) is 2.06. The van der Waals surface area contributed by atoms with Crippen molar-refractivity contribution in [2.75, 3.05) is 11.9 Å². The van der Waals surface area contributed by atoms with Gasteiger partial charge in [0, 0.05) is 17.8 Å². The van der Waals surface area contributed by atoms with E-state index in [1.165, 1.54) is 6.07 Å². The number of carboxylic acids is 1. The number of benzene rings is 1. The molecule has 0 saturated carbocycles. The van der Waals surface area contributed by atoms with Crippen LogP contribution in [-0.4, -0.2) is 40.4 Å². The van der Waals surface area contributed by atoms with Crippen LogP contribution in [0.25, 0.3) is 0 Å². The molecule has 1 heterocycles. The van der Waals surface area contributed by atoms with Crippen LogP contribution in [0.15, 0.2) is 29.3 Å². The molecular weight excluding hydrogens is 372 g/mol.